The smallest absolute Gasteiger partial charge is 0.174 e. The van der Waals surface area contributed by atoms with Crippen LogP contribution in [0.2, 0.25) is 0 Å². The quantitative estimate of drug-likeness (QED) is 0.839. The molecule has 20 heavy (non-hydrogen) atoms. The van der Waals surface area contributed by atoms with Crippen molar-refractivity contribution in [2.24, 2.45) is 0 Å². The molecule has 2 rings (SSSR count). The minimum atomic E-state index is 0.0870. The number of nitrogens with zero attached hydrogens (tertiary/aromatic N) is 1. The molecule has 1 N–H and O–H groups in total. The molecular formula is C16H18N2OS. The van der Waals surface area contributed by atoms with Crippen molar-refractivity contribution in [1.29, 1.82) is 5.26 Å². The first kappa shape index (κ1) is 14.6. The fourth-order valence-corrected chi connectivity index (χ4v) is 2.92. The highest BCUT2D eigenvalue weighted by molar-refractivity contribution is 7.10. The van der Waals surface area contributed by atoms with Gasteiger partial charge in [0, 0.05) is 17.5 Å². The van der Waals surface area contributed by atoms with E-state index in [4.69, 9.17) is 10.00 Å². The molecule has 0 radical (unpaired) electrons. The Bertz CT molecular complexity index is 560. The van der Waals surface area contributed by atoms with Crippen LogP contribution < -0.4 is 10.1 Å². The van der Waals surface area contributed by atoms with Gasteiger partial charge >= 0.3 is 0 Å². The van der Waals surface area contributed by atoms with Gasteiger partial charge in [-0.3, -0.25) is 0 Å². The van der Waals surface area contributed by atoms with Crippen LogP contribution in [0.4, 0.5) is 0 Å². The second kappa shape index (κ2) is 7.68. The molecule has 0 fully saturated rings. The van der Waals surface area contributed by atoms with Gasteiger partial charge in [0.15, 0.2) is 6.61 Å². The zero-order chi connectivity index (χ0) is 14.2. The van der Waals surface area contributed by atoms with Crippen molar-refractivity contribution in [2.75, 3.05) is 6.61 Å². The second-order valence-corrected chi connectivity index (χ2v) is 5.43. The van der Waals surface area contributed by atoms with Crippen LogP contribution in [0.1, 0.15) is 29.8 Å². The molecule has 104 valence electrons. The lowest BCUT2D eigenvalue weighted by atomic mass is 10.1. The number of nitrogens with one attached hydrogen (secondary N) is 1. The van der Waals surface area contributed by atoms with Crippen LogP contribution >= 0.6 is 11.3 Å². The van der Waals surface area contributed by atoms with Crippen molar-refractivity contribution in [3.05, 3.63) is 52.2 Å². The third kappa shape index (κ3) is 4.09. The number of rotatable bonds is 7. The van der Waals surface area contributed by atoms with Crippen molar-refractivity contribution in [2.45, 2.75) is 25.9 Å². The van der Waals surface area contributed by atoms with Gasteiger partial charge < -0.3 is 10.1 Å². The van der Waals surface area contributed by atoms with Crippen LogP contribution in [0.5, 0.6) is 5.75 Å². The first-order valence-corrected chi connectivity index (χ1v) is 7.57. The molecule has 1 atom stereocenters. The van der Waals surface area contributed by atoms with E-state index in [1.165, 1.54) is 4.88 Å². The summed E-state index contributed by atoms with van der Waals surface area (Å²) in [6.45, 7) is 3.06. The van der Waals surface area contributed by atoms with Gasteiger partial charge in [-0.15, -0.1) is 11.3 Å². The van der Waals surface area contributed by atoms with Crippen molar-refractivity contribution < 1.29 is 4.74 Å². The Labute approximate surface area is 123 Å². The summed E-state index contributed by atoms with van der Waals surface area (Å²) in [5.41, 5.74) is 1.16. The first-order chi connectivity index (χ1) is 9.83. The Morgan fingerprint density at radius 3 is 2.95 bits per heavy atom. The summed E-state index contributed by atoms with van der Waals surface area (Å²) < 4.78 is 5.31. The Kier molecular flexibility index (Phi) is 5.60. The molecule has 2 aromatic rings. The maximum Gasteiger partial charge on any atom is 0.174 e. The van der Waals surface area contributed by atoms with Gasteiger partial charge in [0.1, 0.15) is 11.8 Å². The molecule has 1 heterocycles. The van der Waals surface area contributed by atoms with E-state index in [9.17, 15) is 0 Å². The summed E-state index contributed by atoms with van der Waals surface area (Å²) in [5.74, 6) is 0.745. The predicted molar refractivity (Wildman–Crippen MR) is 81.7 cm³/mol. The fourth-order valence-electron chi connectivity index (χ4n) is 2.04. The molecule has 0 amide bonds. The first-order valence-electron chi connectivity index (χ1n) is 6.69. The average Bonchev–Trinajstić information content (AvgIpc) is 3.00. The van der Waals surface area contributed by atoms with Crippen molar-refractivity contribution in [3.63, 3.8) is 0 Å². The highest BCUT2D eigenvalue weighted by atomic mass is 32.1. The lowest BCUT2D eigenvalue weighted by Crippen LogP contribution is -2.19. The summed E-state index contributed by atoms with van der Waals surface area (Å²) >= 11 is 1.78. The molecular weight excluding hydrogens is 268 g/mol. The second-order valence-electron chi connectivity index (χ2n) is 4.45. The van der Waals surface area contributed by atoms with Crippen LogP contribution in [0, 0.1) is 11.3 Å². The van der Waals surface area contributed by atoms with E-state index in [-0.39, 0.29) is 6.61 Å². The van der Waals surface area contributed by atoms with E-state index in [1.807, 2.05) is 24.3 Å². The van der Waals surface area contributed by atoms with Crippen LogP contribution in [0.3, 0.4) is 0 Å². The monoisotopic (exact) mass is 286 g/mol. The summed E-state index contributed by atoms with van der Waals surface area (Å²) in [5, 5.41) is 14.2. The molecule has 0 saturated heterocycles. The minimum absolute atomic E-state index is 0.0870. The van der Waals surface area contributed by atoms with Gasteiger partial charge in [-0.1, -0.05) is 25.1 Å². The van der Waals surface area contributed by atoms with E-state index in [0.717, 1.165) is 24.3 Å². The highest BCUT2D eigenvalue weighted by Gasteiger charge is 2.09. The molecule has 1 unspecified atom stereocenters. The molecule has 0 saturated carbocycles. The maximum absolute atomic E-state index is 8.52. The maximum atomic E-state index is 8.52. The minimum Gasteiger partial charge on any atom is -0.479 e. The topological polar surface area (TPSA) is 45.0 Å². The van der Waals surface area contributed by atoms with E-state index in [2.05, 4.69) is 35.8 Å². The summed E-state index contributed by atoms with van der Waals surface area (Å²) in [7, 11) is 0. The lowest BCUT2D eigenvalue weighted by molar-refractivity contribution is 0.367. The molecule has 1 aromatic heterocycles. The van der Waals surface area contributed by atoms with Crippen LogP contribution in [0.15, 0.2) is 41.8 Å². The van der Waals surface area contributed by atoms with Crippen molar-refractivity contribution in [1.82, 2.24) is 5.32 Å². The zero-order valence-electron chi connectivity index (χ0n) is 11.5. The van der Waals surface area contributed by atoms with Gasteiger partial charge in [0.2, 0.25) is 0 Å². The Morgan fingerprint density at radius 1 is 1.35 bits per heavy atom. The van der Waals surface area contributed by atoms with Crippen LogP contribution in [0.25, 0.3) is 0 Å². The molecule has 1 aromatic carbocycles. The van der Waals surface area contributed by atoms with E-state index >= 15 is 0 Å². The lowest BCUT2D eigenvalue weighted by Gasteiger charge is -2.15. The average molecular weight is 286 g/mol. The number of hydrogen-bond acceptors (Lipinski definition) is 4. The van der Waals surface area contributed by atoms with E-state index < -0.39 is 0 Å². The summed E-state index contributed by atoms with van der Waals surface area (Å²) in [4.78, 5) is 1.37. The van der Waals surface area contributed by atoms with Gasteiger partial charge in [0.05, 0.1) is 0 Å². The Balaban J connectivity index is 1.94. The van der Waals surface area contributed by atoms with Gasteiger partial charge in [0.25, 0.3) is 0 Å². The largest absolute Gasteiger partial charge is 0.479 e. The number of nitriles is 1. The molecule has 4 heteroatoms. The molecule has 3 nitrogen and oxygen atoms in total. The summed E-state index contributed by atoms with van der Waals surface area (Å²) in [6.07, 6.45) is 1.06. The van der Waals surface area contributed by atoms with E-state index in [1.54, 1.807) is 11.3 Å². The van der Waals surface area contributed by atoms with Gasteiger partial charge in [-0.25, -0.2) is 0 Å². The molecule has 0 spiro atoms. The molecule has 0 aliphatic rings. The third-order valence-electron chi connectivity index (χ3n) is 3.05. The molecule has 0 bridgehead atoms. The summed E-state index contributed by atoms with van der Waals surface area (Å²) in [6, 6.07) is 14.5. The highest BCUT2D eigenvalue weighted by Crippen LogP contribution is 2.22. The third-order valence-corrected chi connectivity index (χ3v) is 4.04. The predicted octanol–water partition coefficient (Wildman–Crippen LogP) is 3.89. The normalized spacial score (nSPS) is 11.8. The van der Waals surface area contributed by atoms with Crippen molar-refractivity contribution in [3.8, 4) is 11.8 Å². The standard InChI is InChI=1S/C16H18N2OS/c1-2-15(16-7-4-10-20-16)18-12-13-5-3-6-14(11-13)19-9-8-17/h3-7,10-11,15,18H,2,9,12H2,1H3. The number of ether oxygens (including phenoxy) is 1. The van der Waals surface area contributed by atoms with Crippen molar-refractivity contribution >= 4 is 11.3 Å². The molecule has 0 aliphatic heterocycles. The molecule has 0 aliphatic carbocycles. The Morgan fingerprint density at radius 2 is 2.25 bits per heavy atom. The SMILES string of the molecule is CCC(NCc1cccc(OCC#N)c1)c1cccs1. The van der Waals surface area contributed by atoms with Gasteiger partial charge in [-0.2, -0.15) is 5.26 Å². The number of benzene rings is 1. The van der Waals surface area contributed by atoms with Crippen LogP contribution in [-0.2, 0) is 6.54 Å². The van der Waals surface area contributed by atoms with Gasteiger partial charge in [-0.05, 0) is 35.6 Å². The Hall–Kier alpha value is -1.83. The number of hydrogen-bond donors (Lipinski definition) is 1. The number of thiophene rings is 1. The van der Waals surface area contributed by atoms with E-state index in [0.29, 0.717) is 6.04 Å². The van der Waals surface area contributed by atoms with Crippen LogP contribution in [-0.4, -0.2) is 6.61 Å². The fraction of sp³-hybridized carbons (Fsp3) is 0.312. The zero-order valence-corrected chi connectivity index (χ0v) is 12.3.